The van der Waals surface area contributed by atoms with Crippen molar-refractivity contribution >= 4 is 24.0 Å². The lowest BCUT2D eigenvalue weighted by Gasteiger charge is -2.38. The molecule has 2 heteroatoms. The molecule has 2 atom stereocenters. The molecule has 0 bridgehead atoms. The first-order chi connectivity index (χ1) is 8.53. The number of benzene rings is 1. The Morgan fingerprint density at radius 1 is 1.26 bits per heavy atom. The van der Waals surface area contributed by atoms with E-state index in [1.807, 2.05) is 0 Å². The van der Waals surface area contributed by atoms with Gasteiger partial charge in [-0.05, 0) is 59.6 Å². The molecule has 3 rings (SSSR count). The maximum absolute atomic E-state index is 6.66. The van der Waals surface area contributed by atoms with E-state index in [0.29, 0.717) is 11.3 Å². The van der Waals surface area contributed by atoms with E-state index in [4.69, 9.17) is 11.6 Å². The molecular weight excluding hydrogens is 275 g/mol. The topological polar surface area (TPSA) is 0 Å². The molecule has 0 aliphatic heterocycles. The number of halogens is 2. The van der Waals surface area contributed by atoms with Crippen molar-refractivity contribution in [3.8, 4) is 0 Å². The molecule has 0 amide bonds. The zero-order valence-corrected chi connectivity index (χ0v) is 13.7. The van der Waals surface area contributed by atoms with E-state index >= 15 is 0 Å². The van der Waals surface area contributed by atoms with Crippen molar-refractivity contribution in [2.24, 2.45) is 5.41 Å². The summed E-state index contributed by atoms with van der Waals surface area (Å²) in [6.07, 6.45) is 6.67. The van der Waals surface area contributed by atoms with Crippen LogP contribution in [-0.4, -0.2) is 0 Å². The fourth-order valence-corrected chi connectivity index (χ4v) is 4.64. The van der Waals surface area contributed by atoms with Crippen LogP contribution < -0.4 is 0 Å². The molecule has 0 saturated heterocycles. The summed E-state index contributed by atoms with van der Waals surface area (Å²) in [5.74, 6) is 1.29. The normalized spacial score (nSPS) is 28.8. The van der Waals surface area contributed by atoms with Gasteiger partial charge in [-0.25, -0.2) is 0 Å². The van der Waals surface area contributed by atoms with E-state index in [1.165, 1.54) is 43.2 Å². The first-order valence-corrected chi connectivity index (χ1v) is 7.72. The third-order valence-corrected chi connectivity index (χ3v) is 5.78. The highest BCUT2D eigenvalue weighted by molar-refractivity contribution is 6.32. The Morgan fingerprint density at radius 3 is 2.68 bits per heavy atom. The minimum atomic E-state index is 0. The lowest BCUT2D eigenvalue weighted by Crippen LogP contribution is -2.27. The van der Waals surface area contributed by atoms with Gasteiger partial charge in [0, 0.05) is 5.02 Å². The molecule has 1 aromatic rings. The van der Waals surface area contributed by atoms with Crippen LogP contribution in [-0.2, 0) is 6.42 Å². The van der Waals surface area contributed by atoms with Crippen molar-refractivity contribution in [2.45, 2.75) is 64.7 Å². The molecule has 2 aliphatic carbocycles. The molecular formula is C17H24Cl2. The predicted molar refractivity (Wildman–Crippen MR) is 85.8 cm³/mol. The fraction of sp³-hybridized carbons (Fsp3) is 0.647. The zero-order chi connectivity index (χ0) is 12.9. The second-order valence-electron chi connectivity index (χ2n) is 6.79. The maximum atomic E-state index is 6.66. The number of hydrogen-bond acceptors (Lipinski definition) is 0. The van der Waals surface area contributed by atoms with Crippen LogP contribution in [0.3, 0.4) is 0 Å². The second-order valence-corrected chi connectivity index (χ2v) is 7.17. The van der Waals surface area contributed by atoms with Gasteiger partial charge < -0.3 is 0 Å². The average Bonchev–Trinajstić information content (AvgIpc) is 2.71. The van der Waals surface area contributed by atoms with Crippen molar-refractivity contribution in [1.29, 1.82) is 0 Å². The first-order valence-electron chi connectivity index (χ1n) is 7.34. The summed E-state index contributed by atoms with van der Waals surface area (Å²) in [4.78, 5) is 0. The molecule has 1 saturated carbocycles. The van der Waals surface area contributed by atoms with Crippen LogP contribution in [0.25, 0.3) is 0 Å². The third kappa shape index (κ3) is 2.32. The van der Waals surface area contributed by atoms with Gasteiger partial charge in [-0.2, -0.15) is 0 Å². The van der Waals surface area contributed by atoms with Crippen molar-refractivity contribution in [3.05, 3.63) is 33.8 Å². The summed E-state index contributed by atoms with van der Waals surface area (Å²) >= 11 is 6.66. The minimum absolute atomic E-state index is 0. The van der Waals surface area contributed by atoms with E-state index in [9.17, 15) is 0 Å². The largest absolute Gasteiger partial charge is 0.147 e. The van der Waals surface area contributed by atoms with Crippen LogP contribution in [0.15, 0.2) is 12.1 Å². The molecule has 106 valence electrons. The molecule has 1 aromatic carbocycles. The molecule has 0 nitrogen and oxygen atoms in total. The lowest BCUT2D eigenvalue weighted by atomic mass is 9.66. The molecule has 0 radical (unpaired) electrons. The van der Waals surface area contributed by atoms with Gasteiger partial charge >= 0.3 is 0 Å². The molecule has 2 aliphatic rings. The molecule has 0 N–H and O–H groups in total. The Bertz CT molecular complexity index is 478. The minimum Gasteiger partial charge on any atom is -0.147 e. The Labute approximate surface area is 128 Å². The SMILES string of the molecule is CC(C)c1ccc2c(c1Cl)CC[C@@]1(C)CCC[C@@H]21.Cl. The smallest absolute Gasteiger partial charge is 0.0475 e. The Hall–Kier alpha value is -0.200. The van der Waals surface area contributed by atoms with Crippen molar-refractivity contribution in [1.82, 2.24) is 0 Å². The number of rotatable bonds is 1. The van der Waals surface area contributed by atoms with Crippen LogP contribution in [0.4, 0.5) is 0 Å². The van der Waals surface area contributed by atoms with Crippen LogP contribution in [0, 0.1) is 5.41 Å². The highest BCUT2D eigenvalue weighted by atomic mass is 35.5. The second kappa shape index (κ2) is 5.30. The Balaban J connectivity index is 0.00000133. The third-order valence-electron chi connectivity index (χ3n) is 5.33. The number of hydrogen-bond donors (Lipinski definition) is 0. The van der Waals surface area contributed by atoms with E-state index in [-0.39, 0.29) is 12.4 Å². The van der Waals surface area contributed by atoms with Crippen LogP contribution in [0.5, 0.6) is 0 Å². The Morgan fingerprint density at radius 2 is 2.00 bits per heavy atom. The van der Waals surface area contributed by atoms with Crippen molar-refractivity contribution in [3.63, 3.8) is 0 Å². The maximum Gasteiger partial charge on any atom is 0.0475 e. The van der Waals surface area contributed by atoms with Crippen molar-refractivity contribution in [2.75, 3.05) is 0 Å². The van der Waals surface area contributed by atoms with E-state index in [2.05, 4.69) is 32.9 Å². The lowest BCUT2D eigenvalue weighted by molar-refractivity contribution is 0.252. The van der Waals surface area contributed by atoms with Gasteiger partial charge in [0.25, 0.3) is 0 Å². The molecule has 0 spiro atoms. The molecule has 0 heterocycles. The van der Waals surface area contributed by atoms with Crippen LogP contribution in [0.2, 0.25) is 5.02 Å². The van der Waals surface area contributed by atoms with Crippen LogP contribution >= 0.6 is 24.0 Å². The van der Waals surface area contributed by atoms with Gasteiger partial charge in [0.15, 0.2) is 0 Å². The first kappa shape index (κ1) is 15.2. The molecule has 0 aromatic heterocycles. The van der Waals surface area contributed by atoms with E-state index in [0.717, 1.165) is 10.9 Å². The quantitative estimate of drug-likeness (QED) is 0.587. The van der Waals surface area contributed by atoms with Gasteiger partial charge in [0.1, 0.15) is 0 Å². The standard InChI is InChI=1S/C17H23Cl.ClH/c1-11(2)12-6-7-13-14(16(12)18)8-10-17(3)9-4-5-15(13)17;/h6-7,11,15H,4-5,8-10H2,1-3H3;1H/t15-,17+;/m0./s1. The zero-order valence-electron chi connectivity index (χ0n) is 12.1. The van der Waals surface area contributed by atoms with Gasteiger partial charge in [0.2, 0.25) is 0 Å². The number of fused-ring (bicyclic) bond motifs is 3. The molecule has 19 heavy (non-hydrogen) atoms. The monoisotopic (exact) mass is 298 g/mol. The average molecular weight is 299 g/mol. The van der Waals surface area contributed by atoms with E-state index in [1.54, 1.807) is 5.56 Å². The van der Waals surface area contributed by atoms with E-state index < -0.39 is 0 Å². The summed E-state index contributed by atoms with van der Waals surface area (Å²) in [5, 5.41) is 1.07. The van der Waals surface area contributed by atoms with Gasteiger partial charge in [0.05, 0.1) is 0 Å². The fourth-order valence-electron chi connectivity index (χ4n) is 4.15. The van der Waals surface area contributed by atoms with Gasteiger partial charge in [-0.15, -0.1) is 12.4 Å². The highest BCUT2D eigenvalue weighted by Crippen LogP contribution is 2.56. The summed E-state index contributed by atoms with van der Waals surface area (Å²) in [7, 11) is 0. The highest BCUT2D eigenvalue weighted by Gasteiger charge is 2.43. The molecule has 1 fully saturated rings. The predicted octanol–water partition coefficient (Wildman–Crippen LogP) is 6.11. The Kier molecular flexibility index (Phi) is 4.23. The molecule has 0 unspecified atom stereocenters. The summed E-state index contributed by atoms with van der Waals surface area (Å²) in [6, 6.07) is 4.65. The summed E-state index contributed by atoms with van der Waals surface area (Å²) in [5.41, 5.74) is 4.91. The van der Waals surface area contributed by atoms with Gasteiger partial charge in [-0.3, -0.25) is 0 Å². The van der Waals surface area contributed by atoms with Crippen LogP contribution in [0.1, 0.15) is 75.0 Å². The summed E-state index contributed by atoms with van der Waals surface area (Å²) in [6.45, 7) is 6.95. The summed E-state index contributed by atoms with van der Waals surface area (Å²) < 4.78 is 0. The van der Waals surface area contributed by atoms with Crippen molar-refractivity contribution < 1.29 is 0 Å². The van der Waals surface area contributed by atoms with Gasteiger partial charge in [-0.1, -0.05) is 50.9 Å².